The number of carbonyl (C=O) groups excluding carboxylic acids is 1. The molecular weight excluding hydrogens is 416 g/mol. The highest BCUT2D eigenvalue weighted by atomic mass is 32.2. The van der Waals surface area contributed by atoms with Crippen LogP contribution in [0.1, 0.15) is 15.9 Å². The van der Waals surface area contributed by atoms with Gasteiger partial charge in [-0.2, -0.15) is 17.5 Å². The van der Waals surface area contributed by atoms with Gasteiger partial charge in [0.15, 0.2) is 0 Å². The maximum Gasteiger partial charge on any atom is 0.416 e. The summed E-state index contributed by atoms with van der Waals surface area (Å²) in [5.41, 5.74) is -0.988. The molecule has 0 bridgehead atoms. The monoisotopic (exact) mass is 432 g/mol. The summed E-state index contributed by atoms with van der Waals surface area (Å²) in [6.45, 7) is 0.518. The van der Waals surface area contributed by atoms with Gasteiger partial charge in [-0.1, -0.05) is 0 Å². The molecule has 0 radical (unpaired) electrons. The second kappa shape index (κ2) is 8.09. The fourth-order valence-electron chi connectivity index (χ4n) is 2.72. The number of benzene rings is 2. The van der Waals surface area contributed by atoms with Crippen LogP contribution in [0.5, 0.6) is 0 Å². The summed E-state index contributed by atoms with van der Waals surface area (Å²) < 4.78 is 83.5. The van der Waals surface area contributed by atoms with E-state index in [0.29, 0.717) is 0 Å². The van der Waals surface area contributed by atoms with E-state index in [0.717, 1.165) is 46.8 Å². The first-order valence-electron chi connectivity index (χ1n) is 8.45. The number of anilines is 1. The summed E-state index contributed by atoms with van der Waals surface area (Å²) >= 11 is 0. The molecule has 2 aromatic carbocycles. The van der Waals surface area contributed by atoms with Gasteiger partial charge in [-0.25, -0.2) is 12.8 Å². The van der Waals surface area contributed by atoms with Crippen LogP contribution in [0.2, 0.25) is 0 Å². The Morgan fingerprint density at radius 2 is 1.66 bits per heavy atom. The van der Waals surface area contributed by atoms with E-state index in [1.807, 2.05) is 0 Å². The predicted octanol–water partition coefficient (Wildman–Crippen LogP) is 3.12. The maximum absolute atomic E-state index is 14.2. The molecule has 1 amide bonds. The van der Waals surface area contributed by atoms with Crippen molar-refractivity contribution < 1.29 is 35.5 Å². The van der Waals surface area contributed by atoms with E-state index < -0.39 is 38.4 Å². The van der Waals surface area contributed by atoms with Gasteiger partial charge in [-0.15, -0.1) is 0 Å². The second-order valence-corrected chi connectivity index (χ2v) is 8.10. The Bertz CT molecular complexity index is 1000. The fourth-order valence-corrected chi connectivity index (χ4v) is 4.22. The molecule has 0 aliphatic carbocycles. The number of nitrogens with zero attached hydrogens (tertiary/aromatic N) is 1. The minimum Gasteiger partial charge on any atom is -0.379 e. The molecule has 29 heavy (non-hydrogen) atoms. The summed E-state index contributed by atoms with van der Waals surface area (Å²) in [6.07, 6.45) is -4.53. The Morgan fingerprint density at radius 1 is 1.03 bits per heavy atom. The van der Waals surface area contributed by atoms with E-state index in [2.05, 4.69) is 5.32 Å². The number of alkyl halides is 3. The van der Waals surface area contributed by atoms with Crippen LogP contribution in [-0.2, 0) is 20.9 Å². The number of hydrogen-bond donors (Lipinski definition) is 1. The lowest BCUT2D eigenvalue weighted by Crippen LogP contribution is -2.40. The molecule has 2 aromatic rings. The Balaban J connectivity index is 1.81. The van der Waals surface area contributed by atoms with E-state index in [1.54, 1.807) is 0 Å². The zero-order valence-corrected chi connectivity index (χ0v) is 15.7. The van der Waals surface area contributed by atoms with Crippen molar-refractivity contribution in [1.29, 1.82) is 0 Å². The number of amides is 1. The zero-order chi connectivity index (χ0) is 21.2. The first-order valence-corrected chi connectivity index (χ1v) is 9.89. The molecule has 1 aliphatic rings. The minimum absolute atomic E-state index is 0.0110. The molecule has 1 heterocycles. The van der Waals surface area contributed by atoms with E-state index in [9.17, 15) is 30.8 Å². The summed E-state index contributed by atoms with van der Waals surface area (Å²) in [6, 6.07) is 6.54. The molecule has 1 fully saturated rings. The van der Waals surface area contributed by atoms with Gasteiger partial charge in [0.25, 0.3) is 5.91 Å². The molecule has 3 rings (SSSR count). The Kier molecular flexibility index (Phi) is 5.92. The average Bonchev–Trinajstić information content (AvgIpc) is 2.69. The molecule has 0 spiro atoms. The number of halogens is 4. The predicted molar refractivity (Wildman–Crippen MR) is 95.4 cm³/mol. The van der Waals surface area contributed by atoms with Crippen molar-refractivity contribution in [1.82, 2.24) is 4.31 Å². The fraction of sp³-hybridized carbons (Fsp3) is 0.278. The highest BCUT2D eigenvalue weighted by molar-refractivity contribution is 7.89. The largest absolute Gasteiger partial charge is 0.416 e. The van der Waals surface area contributed by atoms with Gasteiger partial charge < -0.3 is 10.1 Å². The van der Waals surface area contributed by atoms with Gasteiger partial charge in [0, 0.05) is 24.3 Å². The summed E-state index contributed by atoms with van der Waals surface area (Å²) in [5.74, 6) is -1.75. The van der Waals surface area contributed by atoms with Crippen LogP contribution in [0.15, 0.2) is 47.4 Å². The highest BCUT2D eigenvalue weighted by Crippen LogP contribution is 2.29. The third-order valence-corrected chi connectivity index (χ3v) is 6.17. The third kappa shape index (κ3) is 4.74. The normalized spacial score (nSPS) is 15.9. The highest BCUT2D eigenvalue weighted by Gasteiger charge is 2.31. The van der Waals surface area contributed by atoms with Gasteiger partial charge in [0.1, 0.15) is 10.7 Å². The summed E-state index contributed by atoms with van der Waals surface area (Å²) in [4.78, 5) is 11.7. The smallest absolute Gasteiger partial charge is 0.379 e. The zero-order valence-electron chi connectivity index (χ0n) is 14.9. The minimum atomic E-state index is -4.53. The quantitative estimate of drug-likeness (QED) is 0.754. The summed E-state index contributed by atoms with van der Waals surface area (Å²) in [7, 11) is -4.14. The van der Waals surface area contributed by atoms with Crippen molar-refractivity contribution in [2.45, 2.75) is 11.1 Å². The second-order valence-electron chi connectivity index (χ2n) is 6.19. The molecule has 1 aliphatic heterocycles. The standard InChI is InChI=1S/C18H16F4N2O4S/c19-15-6-5-14(11-16(15)29(26,27)24-7-9-28-10-8-24)23-17(25)12-1-3-13(4-2-12)18(20,21)22/h1-6,11H,7-10H2,(H,23,25). The van der Waals surface area contributed by atoms with Gasteiger partial charge in [-0.3, -0.25) is 4.79 Å². The lowest BCUT2D eigenvalue weighted by atomic mass is 10.1. The van der Waals surface area contributed by atoms with Gasteiger partial charge in [-0.05, 0) is 42.5 Å². The summed E-state index contributed by atoms with van der Waals surface area (Å²) in [5, 5.41) is 2.36. The van der Waals surface area contributed by atoms with E-state index in [-0.39, 0.29) is 37.6 Å². The molecule has 6 nitrogen and oxygen atoms in total. The number of ether oxygens (including phenoxy) is 1. The number of hydrogen-bond acceptors (Lipinski definition) is 4. The number of sulfonamides is 1. The SMILES string of the molecule is O=C(Nc1ccc(F)c(S(=O)(=O)N2CCOCC2)c1)c1ccc(C(F)(F)F)cc1. The molecule has 11 heteroatoms. The van der Waals surface area contributed by atoms with Crippen molar-refractivity contribution in [3.63, 3.8) is 0 Å². The van der Waals surface area contributed by atoms with E-state index >= 15 is 0 Å². The van der Waals surface area contributed by atoms with Crippen LogP contribution in [0, 0.1) is 5.82 Å². The van der Waals surface area contributed by atoms with Crippen LogP contribution in [-0.4, -0.2) is 44.9 Å². The molecular formula is C18H16F4N2O4S. The van der Waals surface area contributed by atoms with E-state index in [4.69, 9.17) is 4.74 Å². The molecule has 0 aromatic heterocycles. The Hall–Kier alpha value is -2.50. The van der Waals surface area contributed by atoms with Gasteiger partial charge >= 0.3 is 6.18 Å². The third-order valence-electron chi connectivity index (χ3n) is 4.25. The first-order chi connectivity index (χ1) is 13.6. The lowest BCUT2D eigenvalue weighted by Gasteiger charge is -2.26. The van der Waals surface area contributed by atoms with Crippen molar-refractivity contribution >= 4 is 21.6 Å². The van der Waals surface area contributed by atoms with Crippen molar-refractivity contribution in [3.8, 4) is 0 Å². The Morgan fingerprint density at radius 3 is 2.24 bits per heavy atom. The molecule has 0 atom stereocenters. The van der Waals surface area contributed by atoms with Crippen molar-refractivity contribution in [2.75, 3.05) is 31.6 Å². The van der Waals surface area contributed by atoms with E-state index in [1.165, 1.54) is 0 Å². The van der Waals surface area contributed by atoms with Crippen LogP contribution < -0.4 is 5.32 Å². The average molecular weight is 432 g/mol. The maximum atomic E-state index is 14.2. The molecule has 1 N–H and O–H groups in total. The van der Waals surface area contributed by atoms with Gasteiger partial charge in [0.05, 0.1) is 18.8 Å². The van der Waals surface area contributed by atoms with Gasteiger partial charge in [0.2, 0.25) is 10.0 Å². The van der Waals surface area contributed by atoms with Crippen molar-refractivity contribution in [3.05, 3.63) is 59.4 Å². The number of carbonyl (C=O) groups is 1. The van der Waals surface area contributed by atoms with Crippen LogP contribution >= 0.6 is 0 Å². The van der Waals surface area contributed by atoms with Crippen LogP contribution in [0.3, 0.4) is 0 Å². The van der Waals surface area contributed by atoms with Crippen LogP contribution in [0.25, 0.3) is 0 Å². The molecule has 0 unspecified atom stereocenters. The first kappa shape index (κ1) is 21.2. The molecule has 156 valence electrons. The number of rotatable bonds is 4. The topological polar surface area (TPSA) is 75.7 Å². The van der Waals surface area contributed by atoms with Crippen LogP contribution in [0.4, 0.5) is 23.2 Å². The molecule has 0 saturated carbocycles. The number of nitrogens with one attached hydrogen (secondary N) is 1. The van der Waals surface area contributed by atoms with Crippen molar-refractivity contribution in [2.24, 2.45) is 0 Å². The number of morpholine rings is 1. The molecule has 1 saturated heterocycles. The lowest BCUT2D eigenvalue weighted by molar-refractivity contribution is -0.137. The Labute approximate surface area is 164 Å².